The van der Waals surface area contributed by atoms with Crippen LogP contribution in [0.15, 0.2) is 18.2 Å². The number of nitrogen functional groups attached to an aromatic ring is 1. The van der Waals surface area contributed by atoms with E-state index in [1.54, 1.807) is 0 Å². The van der Waals surface area contributed by atoms with Crippen molar-refractivity contribution in [3.8, 4) is 0 Å². The van der Waals surface area contributed by atoms with E-state index in [2.05, 4.69) is 5.32 Å². The van der Waals surface area contributed by atoms with Crippen LogP contribution in [0.5, 0.6) is 0 Å². The molecule has 4 N–H and O–H groups in total. The van der Waals surface area contributed by atoms with Crippen LogP contribution in [0.4, 0.5) is 11.4 Å². The summed E-state index contributed by atoms with van der Waals surface area (Å²) in [7, 11) is 0. The monoisotopic (exact) mass is 222 g/mol. The van der Waals surface area contributed by atoms with Gasteiger partial charge in [0, 0.05) is 17.9 Å². The summed E-state index contributed by atoms with van der Waals surface area (Å²) in [5, 5.41) is 13.4. The first-order chi connectivity index (χ1) is 7.50. The van der Waals surface area contributed by atoms with Crippen LogP contribution in [-0.2, 0) is 0 Å². The van der Waals surface area contributed by atoms with Crippen molar-refractivity contribution in [3.05, 3.63) is 23.8 Å². The number of aliphatic hydroxyl groups is 1. The lowest BCUT2D eigenvalue weighted by atomic mass is 9.97. The van der Waals surface area contributed by atoms with E-state index in [9.17, 15) is 5.11 Å². The normalized spacial score (nSPS) is 11.5. The zero-order valence-electron chi connectivity index (χ0n) is 10.4. The van der Waals surface area contributed by atoms with Crippen molar-refractivity contribution in [1.29, 1.82) is 0 Å². The summed E-state index contributed by atoms with van der Waals surface area (Å²) in [5.41, 5.74) is 7.98. The van der Waals surface area contributed by atoms with E-state index in [1.807, 2.05) is 39.0 Å². The summed E-state index contributed by atoms with van der Waals surface area (Å²) in [6, 6.07) is 5.77. The fourth-order valence-electron chi connectivity index (χ4n) is 1.59. The van der Waals surface area contributed by atoms with Gasteiger partial charge in [0.25, 0.3) is 0 Å². The molecule has 16 heavy (non-hydrogen) atoms. The highest BCUT2D eigenvalue weighted by Gasteiger charge is 2.21. The molecular formula is C13H22N2O. The number of anilines is 2. The van der Waals surface area contributed by atoms with E-state index in [0.717, 1.165) is 29.8 Å². The largest absolute Gasteiger partial charge is 0.399 e. The molecule has 0 aliphatic carbocycles. The molecule has 0 atom stereocenters. The minimum atomic E-state index is -0.628. The smallest absolute Gasteiger partial charge is 0.0814 e. The Hall–Kier alpha value is -1.22. The second kappa shape index (κ2) is 5.21. The van der Waals surface area contributed by atoms with Crippen LogP contribution >= 0.6 is 0 Å². The average Bonchev–Trinajstić information content (AvgIpc) is 2.30. The Balaban J connectivity index is 2.70. The van der Waals surface area contributed by atoms with E-state index in [4.69, 9.17) is 5.73 Å². The van der Waals surface area contributed by atoms with E-state index >= 15 is 0 Å². The van der Waals surface area contributed by atoms with Crippen LogP contribution in [0, 0.1) is 6.92 Å². The zero-order chi connectivity index (χ0) is 12.2. The summed E-state index contributed by atoms with van der Waals surface area (Å²) >= 11 is 0. The quantitative estimate of drug-likeness (QED) is 0.671. The summed E-state index contributed by atoms with van der Waals surface area (Å²) in [5.74, 6) is 0. The lowest BCUT2D eigenvalue weighted by Gasteiger charge is -2.26. The van der Waals surface area contributed by atoms with Gasteiger partial charge in [0.1, 0.15) is 0 Å². The van der Waals surface area contributed by atoms with Gasteiger partial charge in [-0.05, 0) is 37.5 Å². The molecule has 0 fully saturated rings. The fraction of sp³-hybridized carbons (Fsp3) is 0.538. The molecule has 3 nitrogen and oxygen atoms in total. The van der Waals surface area contributed by atoms with Crippen molar-refractivity contribution >= 4 is 11.4 Å². The highest BCUT2D eigenvalue weighted by Crippen LogP contribution is 2.21. The van der Waals surface area contributed by atoms with E-state index < -0.39 is 5.60 Å². The van der Waals surface area contributed by atoms with Crippen LogP contribution in [0.25, 0.3) is 0 Å². The molecule has 0 saturated heterocycles. The van der Waals surface area contributed by atoms with Gasteiger partial charge in [0.2, 0.25) is 0 Å². The van der Waals surface area contributed by atoms with Gasteiger partial charge in [-0.2, -0.15) is 0 Å². The van der Waals surface area contributed by atoms with Gasteiger partial charge in [-0.3, -0.25) is 0 Å². The van der Waals surface area contributed by atoms with Gasteiger partial charge in [0.05, 0.1) is 5.60 Å². The lowest BCUT2D eigenvalue weighted by Crippen LogP contribution is -2.35. The molecule has 90 valence electrons. The Kier molecular flexibility index (Phi) is 4.19. The molecule has 1 aromatic carbocycles. The SMILES string of the molecule is CCC(O)(CC)CNc1cc(N)ccc1C. The number of nitrogens with two attached hydrogens (primary N) is 1. The highest BCUT2D eigenvalue weighted by atomic mass is 16.3. The second-order valence-electron chi connectivity index (χ2n) is 4.36. The Morgan fingerprint density at radius 2 is 1.94 bits per heavy atom. The van der Waals surface area contributed by atoms with Gasteiger partial charge in [-0.25, -0.2) is 0 Å². The van der Waals surface area contributed by atoms with Gasteiger partial charge < -0.3 is 16.2 Å². The number of hydrogen-bond donors (Lipinski definition) is 3. The minimum absolute atomic E-state index is 0.560. The third kappa shape index (κ3) is 3.14. The third-order valence-corrected chi connectivity index (χ3v) is 3.19. The van der Waals surface area contributed by atoms with Gasteiger partial charge in [-0.1, -0.05) is 19.9 Å². The first kappa shape index (κ1) is 12.8. The van der Waals surface area contributed by atoms with Crippen molar-refractivity contribution in [2.75, 3.05) is 17.6 Å². The van der Waals surface area contributed by atoms with Crippen molar-refractivity contribution in [1.82, 2.24) is 0 Å². The Labute approximate surface area is 97.7 Å². The summed E-state index contributed by atoms with van der Waals surface area (Å²) in [6.07, 6.45) is 1.50. The molecule has 0 radical (unpaired) electrons. The van der Waals surface area contributed by atoms with Gasteiger partial charge in [-0.15, -0.1) is 0 Å². The highest BCUT2D eigenvalue weighted by molar-refractivity contribution is 5.59. The average molecular weight is 222 g/mol. The predicted molar refractivity (Wildman–Crippen MR) is 69.6 cm³/mol. The molecule has 0 unspecified atom stereocenters. The van der Waals surface area contributed by atoms with Gasteiger partial charge >= 0.3 is 0 Å². The van der Waals surface area contributed by atoms with Crippen LogP contribution in [0.2, 0.25) is 0 Å². The summed E-state index contributed by atoms with van der Waals surface area (Å²) in [6.45, 7) is 6.58. The standard InChI is InChI=1S/C13H22N2O/c1-4-13(16,5-2)9-15-12-8-11(14)7-6-10(12)3/h6-8,15-16H,4-5,9,14H2,1-3H3. The molecule has 0 spiro atoms. The molecule has 1 rings (SSSR count). The van der Waals surface area contributed by atoms with Crippen molar-refractivity contribution in [2.45, 2.75) is 39.2 Å². The zero-order valence-corrected chi connectivity index (χ0v) is 10.4. The fourth-order valence-corrected chi connectivity index (χ4v) is 1.59. The molecule has 0 heterocycles. The van der Waals surface area contributed by atoms with E-state index in [-0.39, 0.29) is 0 Å². The molecule has 1 aromatic rings. The summed E-state index contributed by atoms with van der Waals surface area (Å²) < 4.78 is 0. The third-order valence-electron chi connectivity index (χ3n) is 3.19. The Morgan fingerprint density at radius 1 is 1.31 bits per heavy atom. The molecule has 0 amide bonds. The number of hydrogen-bond acceptors (Lipinski definition) is 3. The predicted octanol–water partition coefficient (Wildman–Crippen LogP) is 2.54. The number of aryl methyl sites for hydroxylation is 1. The molecule has 0 saturated carbocycles. The molecule has 0 aromatic heterocycles. The molecular weight excluding hydrogens is 200 g/mol. The lowest BCUT2D eigenvalue weighted by molar-refractivity contribution is 0.0457. The van der Waals surface area contributed by atoms with Crippen molar-refractivity contribution in [3.63, 3.8) is 0 Å². The number of nitrogens with one attached hydrogen (secondary N) is 1. The number of rotatable bonds is 5. The molecule has 0 bridgehead atoms. The maximum absolute atomic E-state index is 10.2. The van der Waals surface area contributed by atoms with Crippen molar-refractivity contribution in [2.24, 2.45) is 0 Å². The summed E-state index contributed by atoms with van der Waals surface area (Å²) in [4.78, 5) is 0. The molecule has 0 aliphatic heterocycles. The first-order valence-corrected chi connectivity index (χ1v) is 5.83. The first-order valence-electron chi connectivity index (χ1n) is 5.83. The molecule has 3 heteroatoms. The minimum Gasteiger partial charge on any atom is -0.399 e. The van der Waals surface area contributed by atoms with Crippen LogP contribution in [0.1, 0.15) is 32.3 Å². The van der Waals surface area contributed by atoms with E-state index in [0.29, 0.717) is 6.54 Å². The maximum atomic E-state index is 10.2. The number of benzene rings is 1. The maximum Gasteiger partial charge on any atom is 0.0814 e. The van der Waals surface area contributed by atoms with Gasteiger partial charge in [0.15, 0.2) is 0 Å². The Bertz CT molecular complexity index is 346. The Morgan fingerprint density at radius 3 is 2.50 bits per heavy atom. The van der Waals surface area contributed by atoms with Crippen molar-refractivity contribution < 1.29 is 5.11 Å². The topological polar surface area (TPSA) is 58.3 Å². The van der Waals surface area contributed by atoms with Crippen LogP contribution < -0.4 is 11.1 Å². The van der Waals surface area contributed by atoms with Crippen LogP contribution in [0.3, 0.4) is 0 Å². The van der Waals surface area contributed by atoms with Crippen LogP contribution in [-0.4, -0.2) is 17.3 Å². The molecule has 0 aliphatic rings. The second-order valence-corrected chi connectivity index (χ2v) is 4.36. The van der Waals surface area contributed by atoms with E-state index in [1.165, 1.54) is 0 Å².